The summed E-state index contributed by atoms with van der Waals surface area (Å²) < 4.78 is 22.5. The predicted octanol–water partition coefficient (Wildman–Crippen LogP) is 0.910. The molecule has 1 saturated heterocycles. The summed E-state index contributed by atoms with van der Waals surface area (Å²) in [6.07, 6.45) is 4.15. The van der Waals surface area contributed by atoms with Crippen molar-refractivity contribution in [3.8, 4) is 0 Å². The Bertz CT molecular complexity index is 368. The molecule has 0 aromatic heterocycles. The normalized spacial score (nSPS) is 19.9. The molecular formula is C11H22IN3O2S. The van der Waals surface area contributed by atoms with Crippen LogP contribution in [0.4, 0.5) is 0 Å². The van der Waals surface area contributed by atoms with Crippen LogP contribution in [-0.2, 0) is 9.84 Å². The third kappa shape index (κ3) is 7.20. The molecule has 0 spiro atoms. The topological polar surface area (TPSA) is 84.5 Å². The SMILES string of the molecule is C=CCNC(N)=NCCC1CCS(=O)(=O)CC1.I. The maximum Gasteiger partial charge on any atom is 0.188 e. The molecular weight excluding hydrogens is 365 g/mol. The second-order valence-corrected chi connectivity index (χ2v) is 6.62. The number of rotatable bonds is 5. The van der Waals surface area contributed by atoms with Gasteiger partial charge in [0, 0.05) is 13.1 Å². The number of aliphatic imine (C=N–C) groups is 1. The molecule has 5 nitrogen and oxygen atoms in total. The van der Waals surface area contributed by atoms with Gasteiger partial charge in [-0.15, -0.1) is 30.6 Å². The second-order valence-electron chi connectivity index (χ2n) is 4.32. The van der Waals surface area contributed by atoms with Crippen molar-refractivity contribution in [3.63, 3.8) is 0 Å². The predicted molar refractivity (Wildman–Crippen MR) is 86.1 cm³/mol. The monoisotopic (exact) mass is 387 g/mol. The average Bonchev–Trinajstić information content (AvgIpc) is 2.29. The van der Waals surface area contributed by atoms with Gasteiger partial charge >= 0.3 is 0 Å². The number of sulfone groups is 1. The minimum absolute atomic E-state index is 0. The Balaban J connectivity index is 0.00000289. The van der Waals surface area contributed by atoms with E-state index in [1.807, 2.05) is 0 Å². The number of nitrogens with two attached hydrogens (primary N) is 1. The van der Waals surface area contributed by atoms with E-state index in [9.17, 15) is 8.42 Å². The summed E-state index contributed by atoms with van der Waals surface area (Å²) in [5.74, 6) is 1.54. The summed E-state index contributed by atoms with van der Waals surface area (Å²) >= 11 is 0. The smallest absolute Gasteiger partial charge is 0.188 e. The lowest BCUT2D eigenvalue weighted by Crippen LogP contribution is -2.32. The Morgan fingerprint density at radius 1 is 1.44 bits per heavy atom. The van der Waals surface area contributed by atoms with Crippen LogP contribution in [0.25, 0.3) is 0 Å². The van der Waals surface area contributed by atoms with Crippen molar-refractivity contribution in [2.24, 2.45) is 16.6 Å². The first-order valence-corrected chi connectivity index (χ1v) is 7.71. The van der Waals surface area contributed by atoms with E-state index < -0.39 is 9.84 Å². The Morgan fingerprint density at radius 2 is 2.06 bits per heavy atom. The van der Waals surface area contributed by atoms with Crippen molar-refractivity contribution in [1.29, 1.82) is 0 Å². The fraction of sp³-hybridized carbons (Fsp3) is 0.727. The zero-order chi connectivity index (χ0) is 12.7. The van der Waals surface area contributed by atoms with Crippen LogP contribution in [0.15, 0.2) is 17.6 Å². The van der Waals surface area contributed by atoms with Crippen LogP contribution in [0.3, 0.4) is 0 Å². The summed E-state index contributed by atoms with van der Waals surface area (Å²) in [6, 6.07) is 0. The van der Waals surface area contributed by atoms with Gasteiger partial charge in [0.2, 0.25) is 0 Å². The van der Waals surface area contributed by atoms with Gasteiger partial charge in [-0.3, -0.25) is 4.99 Å². The van der Waals surface area contributed by atoms with Crippen LogP contribution in [0.2, 0.25) is 0 Å². The molecule has 0 unspecified atom stereocenters. The highest BCUT2D eigenvalue weighted by atomic mass is 127. The van der Waals surface area contributed by atoms with Gasteiger partial charge in [0.15, 0.2) is 5.96 Å². The van der Waals surface area contributed by atoms with Crippen LogP contribution in [0, 0.1) is 5.92 Å². The molecule has 1 heterocycles. The van der Waals surface area contributed by atoms with Gasteiger partial charge in [-0.05, 0) is 25.2 Å². The van der Waals surface area contributed by atoms with Crippen molar-refractivity contribution < 1.29 is 8.42 Å². The van der Waals surface area contributed by atoms with Gasteiger partial charge in [-0.1, -0.05) is 6.08 Å². The Kier molecular flexibility index (Phi) is 8.58. The molecule has 1 fully saturated rings. The van der Waals surface area contributed by atoms with Crippen LogP contribution < -0.4 is 11.1 Å². The average molecular weight is 387 g/mol. The lowest BCUT2D eigenvalue weighted by Gasteiger charge is -2.20. The summed E-state index contributed by atoms with van der Waals surface area (Å²) in [5, 5.41) is 2.90. The van der Waals surface area contributed by atoms with E-state index in [1.54, 1.807) is 6.08 Å². The summed E-state index contributed by atoms with van der Waals surface area (Å²) in [5.41, 5.74) is 5.61. The molecule has 3 N–H and O–H groups in total. The molecule has 18 heavy (non-hydrogen) atoms. The largest absolute Gasteiger partial charge is 0.370 e. The van der Waals surface area contributed by atoms with E-state index in [0.717, 1.165) is 19.3 Å². The molecule has 0 radical (unpaired) electrons. The zero-order valence-corrected chi connectivity index (χ0v) is 13.6. The standard InChI is InChI=1S/C11H21N3O2S.HI/c1-2-6-13-11(12)14-7-3-10-4-8-17(15,16)9-5-10;/h2,10H,1,3-9H2,(H3,12,13,14);1H. The van der Waals surface area contributed by atoms with E-state index in [1.165, 1.54) is 0 Å². The molecule has 0 amide bonds. The third-order valence-corrected chi connectivity index (χ3v) is 4.64. The Labute approximate surface area is 126 Å². The van der Waals surface area contributed by atoms with Gasteiger partial charge in [0.05, 0.1) is 11.5 Å². The van der Waals surface area contributed by atoms with E-state index in [4.69, 9.17) is 5.73 Å². The zero-order valence-electron chi connectivity index (χ0n) is 10.5. The second kappa shape index (κ2) is 8.73. The summed E-state index contributed by atoms with van der Waals surface area (Å²) in [4.78, 5) is 4.18. The third-order valence-electron chi connectivity index (χ3n) is 2.92. The van der Waals surface area contributed by atoms with E-state index in [2.05, 4.69) is 16.9 Å². The lowest BCUT2D eigenvalue weighted by atomic mass is 9.99. The van der Waals surface area contributed by atoms with E-state index >= 15 is 0 Å². The van der Waals surface area contributed by atoms with Gasteiger partial charge in [0.1, 0.15) is 9.84 Å². The molecule has 0 atom stereocenters. The van der Waals surface area contributed by atoms with Gasteiger partial charge in [-0.25, -0.2) is 8.42 Å². The minimum Gasteiger partial charge on any atom is -0.370 e. The van der Waals surface area contributed by atoms with Crippen molar-refractivity contribution in [1.82, 2.24) is 5.32 Å². The molecule has 0 aromatic carbocycles. The highest BCUT2D eigenvalue weighted by molar-refractivity contribution is 14.0. The number of hydrogen-bond donors (Lipinski definition) is 2. The number of hydrogen-bond acceptors (Lipinski definition) is 3. The minimum atomic E-state index is -2.75. The summed E-state index contributed by atoms with van der Waals surface area (Å²) in [7, 11) is -2.75. The molecule has 0 saturated carbocycles. The van der Waals surface area contributed by atoms with Crippen molar-refractivity contribution in [2.45, 2.75) is 19.3 Å². The van der Waals surface area contributed by atoms with Crippen LogP contribution in [0.5, 0.6) is 0 Å². The fourth-order valence-corrected chi connectivity index (χ4v) is 3.42. The first-order chi connectivity index (χ1) is 8.03. The van der Waals surface area contributed by atoms with Gasteiger partial charge < -0.3 is 11.1 Å². The van der Waals surface area contributed by atoms with Crippen molar-refractivity contribution >= 4 is 39.8 Å². The van der Waals surface area contributed by atoms with Gasteiger partial charge in [-0.2, -0.15) is 0 Å². The van der Waals surface area contributed by atoms with E-state index in [-0.39, 0.29) is 24.0 Å². The maximum absolute atomic E-state index is 11.2. The number of guanidine groups is 1. The number of nitrogens with one attached hydrogen (secondary N) is 1. The number of halogens is 1. The molecule has 1 aliphatic heterocycles. The summed E-state index contributed by atoms with van der Waals surface area (Å²) in [6.45, 7) is 4.83. The van der Waals surface area contributed by atoms with E-state index in [0.29, 0.717) is 36.5 Å². The molecule has 0 bridgehead atoms. The maximum atomic E-state index is 11.2. The first-order valence-electron chi connectivity index (χ1n) is 5.88. The molecule has 1 rings (SSSR count). The highest BCUT2D eigenvalue weighted by Crippen LogP contribution is 2.21. The van der Waals surface area contributed by atoms with Gasteiger partial charge in [0.25, 0.3) is 0 Å². The number of nitrogens with zero attached hydrogens (tertiary/aromatic N) is 1. The Hall–Kier alpha value is -0.310. The van der Waals surface area contributed by atoms with Crippen molar-refractivity contribution in [3.05, 3.63) is 12.7 Å². The Morgan fingerprint density at radius 3 is 2.61 bits per heavy atom. The molecule has 0 aliphatic carbocycles. The quantitative estimate of drug-likeness (QED) is 0.318. The molecule has 1 aliphatic rings. The van der Waals surface area contributed by atoms with Crippen LogP contribution in [-0.4, -0.2) is 39.0 Å². The first kappa shape index (κ1) is 17.7. The molecule has 0 aromatic rings. The fourth-order valence-electron chi connectivity index (χ4n) is 1.83. The molecule has 106 valence electrons. The van der Waals surface area contributed by atoms with Crippen LogP contribution in [0.1, 0.15) is 19.3 Å². The van der Waals surface area contributed by atoms with Crippen LogP contribution >= 0.6 is 24.0 Å². The molecule has 7 heteroatoms. The van der Waals surface area contributed by atoms with Crippen molar-refractivity contribution in [2.75, 3.05) is 24.6 Å². The lowest BCUT2D eigenvalue weighted by molar-refractivity contribution is 0.441. The highest BCUT2D eigenvalue weighted by Gasteiger charge is 2.22.